The van der Waals surface area contributed by atoms with Crippen molar-refractivity contribution in [1.29, 1.82) is 0 Å². The number of unbranched alkanes of at least 4 members (excludes halogenated alkanes) is 6. The molecule has 1 heterocycles. The van der Waals surface area contributed by atoms with Crippen molar-refractivity contribution >= 4 is 17.7 Å². The van der Waals surface area contributed by atoms with Gasteiger partial charge in [0.25, 0.3) is 0 Å². The number of phenolic OH excluding ortho intramolecular Hbond substituents is 2. The van der Waals surface area contributed by atoms with E-state index in [1.165, 1.54) is 11.1 Å². The van der Waals surface area contributed by atoms with Crippen LogP contribution in [0, 0.1) is 5.92 Å². The minimum absolute atomic E-state index is 0.186. The maximum absolute atomic E-state index is 13.1. The minimum Gasteiger partial charge on any atom is -0.508 e. The number of hydrogen-bond acceptors (Lipinski definition) is 4. The van der Waals surface area contributed by atoms with Gasteiger partial charge in [-0.1, -0.05) is 63.1 Å². The fourth-order valence-corrected chi connectivity index (χ4v) is 6.99. The van der Waals surface area contributed by atoms with E-state index in [4.69, 9.17) is 0 Å². The van der Waals surface area contributed by atoms with Crippen LogP contribution in [0.4, 0.5) is 22.0 Å². The molecule has 3 atom stereocenters. The predicted molar refractivity (Wildman–Crippen MR) is 150 cm³/mol. The Balaban J connectivity index is 1.37. The summed E-state index contributed by atoms with van der Waals surface area (Å²) in [5.74, 6) is -4.83. The highest BCUT2D eigenvalue weighted by molar-refractivity contribution is 7.99. The number of alkyl halides is 5. The molecule has 0 aliphatic carbocycles. The van der Waals surface area contributed by atoms with Gasteiger partial charge >= 0.3 is 18.1 Å². The number of rotatable bonds is 16. The summed E-state index contributed by atoms with van der Waals surface area (Å²) in [6, 6.07) is 13.0. The molecule has 0 aromatic heterocycles. The Morgan fingerprint density at radius 2 is 1.41 bits per heavy atom. The predicted octanol–water partition coefficient (Wildman–Crippen LogP) is 9.65. The van der Waals surface area contributed by atoms with E-state index in [1.807, 2.05) is 24.3 Å². The number of phenols is 2. The van der Waals surface area contributed by atoms with Crippen molar-refractivity contribution < 1.29 is 42.1 Å². The number of aliphatic carboxylic acids is 1. The summed E-state index contributed by atoms with van der Waals surface area (Å²) in [5.41, 5.74) is 2.43. The molecule has 2 aromatic rings. The summed E-state index contributed by atoms with van der Waals surface area (Å²) in [6.07, 6.45) is 0.0226. The topological polar surface area (TPSA) is 77.8 Å². The van der Waals surface area contributed by atoms with Crippen molar-refractivity contribution in [3.63, 3.8) is 0 Å². The molecule has 10 heteroatoms. The van der Waals surface area contributed by atoms with E-state index in [2.05, 4.69) is 0 Å². The molecule has 0 saturated heterocycles. The van der Waals surface area contributed by atoms with Crippen molar-refractivity contribution in [3.8, 4) is 11.5 Å². The average Bonchev–Trinajstić information content (AvgIpc) is 2.90. The van der Waals surface area contributed by atoms with Crippen molar-refractivity contribution in [2.45, 2.75) is 106 Å². The van der Waals surface area contributed by atoms with Gasteiger partial charge in [-0.2, -0.15) is 22.0 Å². The molecule has 3 rings (SSSR count). The van der Waals surface area contributed by atoms with Crippen LogP contribution < -0.4 is 0 Å². The second kappa shape index (κ2) is 15.1. The molecule has 1 aliphatic heterocycles. The van der Waals surface area contributed by atoms with Crippen LogP contribution in [0.15, 0.2) is 47.4 Å². The van der Waals surface area contributed by atoms with E-state index in [9.17, 15) is 42.1 Å². The van der Waals surface area contributed by atoms with E-state index in [0.717, 1.165) is 55.6 Å². The summed E-state index contributed by atoms with van der Waals surface area (Å²) >= 11 is 1.74. The van der Waals surface area contributed by atoms with Gasteiger partial charge in [-0.3, -0.25) is 4.79 Å². The summed E-state index contributed by atoms with van der Waals surface area (Å²) in [4.78, 5) is 12.5. The molecule has 2 aromatic carbocycles. The quantitative estimate of drug-likeness (QED) is 0.132. The van der Waals surface area contributed by atoms with Crippen molar-refractivity contribution in [3.05, 3.63) is 53.6 Å². The highest BCUT2D eigenvalue weighted by Crippen LogP contribution is 2.49. The van der Waals surface area contributed by atoms with Crippen LogP contribution in [0.25, 0.3) is 0 Å². The van der Waals surface area contributed by atoms with Gasteiger partial charge in [-0.25, -0.2) is 0 Å². The molecule has 0 fully saturated rings. The molecular formula is C31H39F5O4S. The Hall–Kier alpha value is -2.49. The number of carboxylic acid groups (broad SMARTS) is 1. The molecule has 4 nitrogen and oxygen atoms in total. The molecule has 1 aliphatic rings. The number of benzene rings is 2. The second-order valence-electron chi connectivity index (χ2n) is 11.0. The zero-order valence-electron chi connectivity index (χ0n) is 23.0. The third kappa shape index (κ3) is 9.79. The highest BCUT2D eigenvalue weighted by atomic mass is 32.2. The Morgan fingerprint density at radius 1 is 0.829 bits per heavy atom. The monoisotopic (exact) mass is 602 g/mol. The maximum Gasteiger partial charge on any atom is 0.453 e. The van der Waals surface area contributed by atoms with Crippen LogP contribution in [0.2, 0.25) is 0 Å². The zero-order chi connectivity index (χ0) is 30.0. The molecule has 0 amide bonds. The van der Waals surface area contributed by atoms with Crippen LogP contribution >= 0.6 is 11.8 Å². The number of aromatic hydroxyl groups is 2. The van der Waals surface area contributed by atoms with E-state index >= 15 is 0 Å². The number of fused-ring (bicyclic) bond motifs is 1. The summed E-state index contributed by atoms with van der Waals surface area (Å²) in [6.45, 7) is 0. The highest BCUT2D eigenvalue weighted by Gasteiger charge is 2.56. The van der Waals surface area contributed by atoms with Crippen molar-refractivity contribution in [2.24, 2.45) is 5.92 Å². The Bertz CT molecular complexity index is 1110. The number of halogens is 5. The Morgan fingerprint density at radius 3 is 2.05 bits per heavy atom. The second-order valence-corrected chi connectivity index (χ2v) is 12.1. The SMILES string of the molecule is O=C(O)C(CCCCCCCCCC1c2ccc(O)cc2SCC1c1ccc(O)cc1)CCCC(F)(F)C(F)(F)F. The van der Waals surface area contributed by atoms with Gasteiger partial charge in [0.2, 0.25) is 0 Å². The summed E-state index contributed by atoms with van der Waals surface area (Å²) < 4.78 is 63.0. The molecule has 41 heavy (non-hydrogen) atoms. The van der Waals surface area contributed by atoms with E-state index < -0.39 is 36.8 Å². The first-order valence-corrected chi connectivity index (χ1v) is 15.3. The smallest absolute Gasteiger partial charge is 0.453 e. The standard InChI is InChI=1S/C31H39F5O4S/c32-30(33,31(34,35)36)18-8-10-22(29(39)40)9-6-4-2-1-3-5-7-11-25-26-17-16-24(38)19-28(26)41-20-27(25)21-12-14-23(37)15-13-21/h12-17,19,22,25,27,37-38H,1-11,18,20H2,(H,39,40). The largest absolute Gasteiger partial charge is 0.508 e. The van der Waals surface area contributed by atoms with E-state index in [0.29, 0.717) is 18.3 Å². The van der Waals surface area contributed by atoms with Gasteiger partial charge < -0.3 is 15.3 Å². The summed E-state index contributed by atoms with van der Waals surface area (Å²) in [7, 11) is 0. The Kier molecular flexibility index (Phi) is 12.2. The first-order chi connectivity index (χ1) is 19.4. The lowest BCUT2D eigenvalue weighted by Crippen LogP contribution is -2.36. The van der Waals surface area contributed by atoms with Crippen LogP contribution in [0.5, 0.6) is 11.5 Å². The molecular weight excluding hydrogens is 563 g/mol. The lowest BCUT2D eigenvalue weighted by atomic mass is 9.79. The van der Waals surface area contributed by atoms with Crippen LogP contribution in [0.1, 0.15) is 100 Å². The normalized spacial score (nSPS) is 18.2. The zero-order valence-corrected chi connectivity index (χ0v) is 23.8. The molecule has 3 unspecified atom stereocenters. The summed E-state index contributed by atoms with van der Waals surface area (Å²) in [5, 5.41) is 29.0. The van der Waals surface area contributed by atoms with Gasteiger partial charge in [0.15, 0.2) is 0 Å². The molecule has 3 N–H and O–H groups in total. The maximum atomic E-state index is 13.1. The third-order valence-electron chi connectivity index (χ3n) is 8.00. The van der Waals surface area contributed by atoms with Crippen LogP contribution in [-0.4, -0.2) is 39.1 Å². The lowest BCUT2D eigenvalue weighted by molar-refractivity contribution is -0.284. The van der Waals surface area contributed by atoms with E-state index in [1.54, 1.807) is 30.0 Å². The number of carbonyl (C=O) groups is 1. The molecule has 228 valence electrons. The first-order valence-electron chi connectivity index (χ1n) is 14.3. The molecule has 0 radical (unpaired) electrons. The van der Waals surface area contributed by atoms with Gasteiger partial charge in [0.05, 0.1) is 5.92 Å². The average molecular weight is 603 g/mol. The Labute approximate surface area is 242 Å². The van der Waals surface area contributed by atoms with Gasteiger partial charge in [0, 0.05) is 23.0 Å². The van der Waals surface area contributed by atoms with Gasteiger partial charge in [0.1, 0.15) is 11.5 Å². The van der Waals surface area contributed by atoms with Crippen molar-refractivity contribution in [2.75, 3.05) is 5.75 Å². The molecule has 0 bridgehead atoms. The fraction of sp³-hybridized carbons (Fsp3) is 0.581. The minimum atomic E-state index is -5.61. The van der Waals surface area contributed by atoms with Gasteiger partial charge in [-0.05, 0) is 67.0 Å². The number of hydrogen-bond donors (Lipinski definition) is 3. The first kappa shape index (κ1) is 33.0. The van der Waals surface area contributed by atoms with Crippen LogP contribution in [0.3, 0.4) is 0 Å². The lowest BCUT2D eigenvalue weighted by Gasteiger charge is -2.34. The van der Waals surface area contributed by atoms with E-state index in [-0.39, 0.29) is 24.3 Å². The van der Waals surface area contributed by atoms with Crippen molar-refractivity contribution in [1.82, 2.24) is 0 Å². The molecule has 0 spiro atoms. The number of carboxylic acids is 1. The van der Waals surface area contributed by atoms with Crippen LogP contribution in [-0.2, 0) is 4.79 Å². The van der Waals surface area contributed by atoms with Gasteiger partial charge in [-0.15, -0.1) is 11.8 Å². The third-order valence-corrected chi connectivity index (χ3v) is 9.19. The fourth-order valence-electron chi connectivity index (χ4n) is 5.62. The number of thioether (sulfide) groups is 1. The molecule has 0 saturated carbocycles.